The molecule has 0 bridgehead atoms. The van der Waals surface area contributed by atoms with Crippen LogP contribution in [0.3, 0.4) is 0 Å². The smallest absolute Gasteiger partial charge is 0.318 e. The summed E-state index contributed by atoms with van der Waals surface area (Å²) in [5, 5.41) is 2.96. The Kier molecular flexibility index (Phi) is 5.59. The highest BCUT2D eigenvalue weighted by molar-refractivity contribution is 5.98. The molecule has 1 amide bonds. The van der Waals surface area contributed by atoms with E-state index in [0.717, 1.165) is 25.9 Å². The quantitative estimate of drug-likeness (QED) is 0.592. The highest BCUT2D eigenvalue weighted by atomic mass is 16.5. The molecule has 1 N–H and O–H groups in total. The molecule has 1 aliphatic heterocycles. The van der Waals surface area contributed by atoms with E-state index in [0.29, 0.717) is 0 Å². The van der Waals surface area contributed by atoms with Crippen LogP contribution in [0.15, 0.2) is 0 Å². The lowest BCUT2D eigenvalue weighted by atomic mass is 9.94. The van der Waals surface area contributed by atoms with Gasteiger partial charge in [0.1, 0.15) is 5.92 Å². The van der Waals surface area contributed by atoms with Gasteiger partial charge in [-0.1, -0.05) is 13.8 Å². The van der Waals surface area contributed by atoms with Crippen molar-refractivity contribution in [3.8, 4) is 0 Å². The van der Waals surface area contributed by atoms with Gasteiger partial charge in [-0.25, -0.2) is 0 Å². The van der Waals surface area contributed by atoms with E-state index in [2.05, 4.69) is 10.2 Å². The first kappa shape index (κ1) is 15.0. The van der Waals surface area contributed by atoms with Crippen molar-refractivity contribution in [3.05, 3.63) is 0 Å². The van der Waals surface area contributed by atoms with E-state index >= 15 is 0 Å². The van der Waals surface area contributed by atoms with Crippen molar-refractivity contribution in [3.63, 3.8) is 0 Å². The van der Waals surface area contributed by atoms with Crippen molar-refractivity contribution < 1.29 is 14.3 Å². The number of nitrogens with one attached hydrogen (secondary N) is 1. The molecule has 0 saturated carbocycles. The first-order valence-electron chi connectivity index (χ1n) is 6.52. The third-order valence-electron chi connectivity index (χ3n) is 3.38. The zero-order valence-corrected chi connectivity index (χ0v) is 11.7. The highest BCUT2D eigenvalue weighted by Gasteiger charge is 2.32. The summed E-state index contributed by atoms with van der Waals surface area (Å²) in [6.07, 6.45) is 2.05. The minimum atomic E-state index is -0.706. The SMILES string of the molecule is COC(=O)C(C(=O)NC1CCCN(C)C1)C(C)C. The molecule has 1 aliphatic rings. The largest absolute Gasteiger partial charge is 0.468 e. The molecular weight excluding hydrogens is 232 g/mol. The van der Waals surface area contributed by atoms with E-state index in [4.69, 9.17) is 4.74 Å². The number of nitrogens with zero attached hydrogens (tertiary/aromatic N) is 1. The van der Waals surface area contributed by atoms with E-state index in [9.17, 15) is 9.59 Å². The van der Waals surface area contributed by atoms with Crippen LogP contribution in [-0.4, -0.2) is 50.1 Å². The molecule has 1 rings (SSSR count). The number of likely N-dealkylation sites (tertiary alicyclic amines) is 1. The molecule has 0 radical (unpaired) electrons. The van der Waals surface area contributed by atoms with Crippen molar-refractivity contribution in [1.82, 2.24) is 10.2 Å². The summed E-state index contributed by atoms with van der Waals surface area (Å²) < 4.78 is 4.69. The van der Waals surface area contributed by atoms with Gasteiger partial charge >= 0.3 is 5.97 Å². The summed E-state index contributed by atoms with van der Waals surface area (Å²) >= 11 is 0. The number of amides is 1. The molecule has 1 heterocycles. The number of esters is 1. The molecule has 0 spiro atoms. The number of ether oxygens (including phenoxy) is 1. The second-order valence-electron chi connectivity index (χ2n) is 5.35. The zero-order valence-electron chi connectivity index (χ0n) is 11.7. The van der Waals surface area contributed by atoms with Gasteiger partial charge in [0.15, 0.2) is 0 Å². The van der Waals surface area contributed by atoms with E-state index in [1.54, 1.807) is 0 Å². The minimum absolute atomic E-state index is 0.0567. The topological polar surface area (TPSA) is 58.6 Å². The van der Waals surface area contributed by atoms with Gasteiger partial charge in [-0.2, -0.15) is 0 Å². The Morgan fingerprint density at radius 3 is 2.56 bits per heavy atom. The Morgan fingerprint density at radius 2 is 2.06 bits per heavy atom. The Morgan fingerprint density at radius 1 is 1.39 bits per heavy atom. The van der Waals surface area contributed by atoms with Gasteiger partial charge in [0.25, 0.3) is 0 Å². The number of likely N-dealkylation sites (N-methyl/N-ethyl adjacent to an activating group) is 1. The number of rotatable bonds is 4. The molecular formula is C13H24N2O3. The maximum Gasteiger partial charge on any atom is 0.318 e. The van der Waals surface area contributed by atoms with Crippen molar-refractivity contribution in [1.29, 1.82) is 0 Å². The van der Waals surface area contributed by atoms with Crippen LogP contribution in [0.4, 0.5) is 0 Å². The molecule has 5 heteroatoms. The Bertz CT molecular complexity index is 305. The van der Waals surface area contributed by atoms with Crippen LogP contribution in [0.25, 0.3) is 0 Å². The molecule has 0 aliphatic carbocycles. The molecule has 18 heavy (non-hydrogen) atoms. The van der Waals surface area contributed by atoms with Gasteiger partial charge in [0, 0.05) is 12.6 Å². The minimum Gasteiger partial charge on any atom is -0.468 e. The second kappa shape index (κ2) is 6.73. The first-order valence-corrected chi connectivity index (χ1v) is 6.52. The van der Waals surface area contributed by atoms with Crippen molar-refractivity contribution in [2.75, 3.05) is 27.2 Å². The molecule has 2 unspecified atom stereocenters. The maximum absolute atomic E-state index is 12.1. The van der Waals surface area contributed by atoms with Gasteiger partial charge < -0.3 is 15.0 Å². The Hall–Kier alpha value is -1.10. The second-order valence-corrected chi connectivity index (χ2v) is 5.35. The molecule has 1 fully saturated rings. The summed E-state index contributed by atoms with van der Waals surface area (Å²) in [6.45, 7) is 5.62. The van der Waals surface area contributed by atoms with Crippen LogP contribution >= 0.6 is 0 Å². The summed E-state index contributed by atoms with van der Waals surface area (Å²) in [7, 11) is 3.36. The predicted molar refractivity (Wildman–Crippen MR) is 69.0 cm³/mol. The van der Waals surface area contributed by atoms with Gasteiger partial charge in [0.2, 0.25) is 5.91 Å². The first-order chi connectivity index (χ1) is 8.45. The van der Waals surface area contributed by atoms with Crippen LogP contribution in [0.5, 0.6) is 0 Å². The number of carbonyl (C=O) groups excluding carboxylic acids is 2. The van der Waals surface area contributed by atoms with Crippen LogP contribution in [0.1, 0.15) is 26.7 Å². The molecule has 0 aromatic rings. The Labute approximate surface area is 109 Å². The number of methoxy groups -OCH3 is 1. The van der Waals surface area contributed by atoms with Gasteiger partial charge in [-0.15, -0.1) is 0 Å². The van der Waals surface area contributed by atoms with E-state index < -0.39 is 11.9 Å². The lowest BCUT2D eigenvalue weighted by molar-refractivity contribution is -0.152. The molecule has 104 valence electrons. The summed E-state index contributed by atoms with van der Waals surface area (Å²) in [6, 6.07) is 0.141. The third-order valence-corrected chi connectivity index (χ3v) is 3.38. The fourth-order valence-electron chi connectivity index (χ4n) is 2.38. The molecule has 0 aromatic heterocycles. The average Bonchev–Trinajstić information content (AvgIpc) is 2.28. The third kappa shape index (κ3) is 3.98. The number of carbonyl (C=O) groups is 2. The maximum atomic E-state index is 12.1. The fourth-order valence-corrected chi connectivity index (χ4v) is 2.38. The lowest BCUT2D eigenvalue weighted by Gasteiger charge is -2.31. The number of hydrogen-bond acceptors (Lipinski definition) is 4. The van der Waals surface area contributed by atoms with E-state index in [1.165, 1.54) is 7.11 Å². The van der Waals surface area contributed by atoms with Crippen LogP contribution < -0.4 is 5.32 Å². The van der Waals surface area contributed by atoms with E-state index in [-0.39, 0.29) is 17.9 Å². The van der Waals surface area contributed by atoms with E-state index in [1.807, 2.05) is 20.9 Å². The van der Waals surface area contributed by atoms with Crippen LogP contribution in [0.2, 0.25) is 0 Å². The van der Waals surface area contributed by atoms with Gasteiger partial charge in [-0.05, 0) is 32.4 Å². The standard InChI is InChI=1S/C13H24N2O3/c1-9(2)11(13(17)18-4)12(16)14-10-6-5-7-15(3)8-10/h9-11H,5-8H2,1-4H3,(H,14,16). The van der Waals surface area contributed by atoms with Gasteiger partial charge in [0.05, 0.1) is 7.11 Å². The number of piperidine rings is 1. The van der Waals surface area contributed by atoms with Crippen molar-refractivity contribution in [2.24, 2.45) is 11.8 Å². The normalized spacial score (nSPS) is 22.6. The summed E-state index contributed by atoms with van der Waals surface area (Å²) in [5.74, 6) is -1.43. The predicted octanol–water partition coefficient (Wildman–Crippen LogP) is 0.642. The number of hydrogen-bond donors (Lipinski definition) is 1. The summed E-state index contributed by atoms with van der Waals surface area (Å²) in [5.41, 5.74) is 0. The molecule has 2 atom stereocenters. The van der Waals surface area contributed by atoms with Crippen LogP contribution in [-0.2, 0) is 14.3 Å². The van der Waals surface area contributed by atoms with Crippen LogP contribution in [0, 0.1) is 11.8 Å². The summed E-state index contributed by atoms with van der Waals surface area (Å²) in [4.78, 5) is 25.9. The lowest BCUT2D eigenvalue weighted by Crippen LogP contribution is -2.50. The molecule has 0 aromatic carbocycles. The Balaban J connectivity index is 2.58. The average molecular weight is 256 g/mol. The monoisotopic (exact) mass is 256 g/mol. The van der Waals surface area contributed by atoms with Crippen molar-refractivity contribution >= 4 is 11.9 Å². The zero-order chi connectivity index (χ0) is 13.7. The molecule has 1 saturated heterocycles. The van der Waals surface area contributed by atoms with Gasteiger partial charge in [-0.3, -0.25) is 9.59 Å². The van der Waals surface area contributed by atoms with Crippen molar-refractivity contribution in [2.45, 2.75) is 32.7 Å². The fraction of sp³-hybridized carbons (Fsp3) is 0.846. The highest BCUT2D eigenvalue weighted by Crippen LogP contribution is 2.15. The molecule has 5 nitrogen and oxygen atoms in total.